The average molecular weight is 788 g/mol. The Morgan fingerprint density at radius 3 is 2.14 bits per heavy atom. The highest BCUT2D eigenvalue weighted by Gasteiger charge is 2.32. The van der Waals surface area contributed by atoms with Gasteiger partial charge in [-0.05, 0) is 64.9 Å². The molecule has 3 atom stereocenters. The van der Waals surface area contributed by atoms with Crippen molar-refractivity contribution in [2.45, 2.75) is 81.5 Å². The third kappa shape index (κ3) is 11.8. The van der Waals surface area contributed by atoms with Gasteiger partial charge in [0, 0.05) is 42.0 Å². The molecule has 5 aromatic rings. The van der Waals surface area contributed by atoms with Crippen LogP contribution in [-0.2, 0) is 32.2 Å². The molecule has 1 heterocycles. The van der Waals surface area contributed by atoms with E-state index in [9.17, 15) is 24.6 Å². The van der Waals surface area contributed by atoms with Gasteiger partial charge in [-0.2, -0.15) is 0 Å². The van der Waals surface area contributed by atoms with Gasteiger partial charge in [-0.3, -0.25) is 9.59 Å². The predicted molar refractivity (Wildman–Crippen MR) is 223 cm³/mol. The number of anilines is 2. The Kier molecular flexibility index (Phi) is 14.9. The molecule has 6 N–H and O–H groups in total. The number of hydrogen-bond donors (Lipinski definition) is 5. The molecule has 1 aliphatic heterocycles. The second-order valence-electron chi connectivity index (χ2n) is 14.1. The average Bonchev–Trinajstić information content (AvgIpc) is 3.24. The molecule has 6 rings (SSSR count). The summed E-state index contributed by atoms with van der Waals surface area (Å²) in [6.45, 7) is 0.355. The minimum absolute atomic E-state index is 0.0104. The number of nitrogen functional groups attached to an aromatic ring is 1. The number of para-hydroxylation sites is 2. The van der Waals surface area contributed by atoms with E-state index in [2.05, 4.69) is 10.6 Å². The van der Waals surface area contributed by atoms with Crippen molar-refractivity contribution in [3.63, 3.8) is 0 Å². The Balaban J connectivity index is 1.03. The minimum Gasteiger partial charge on any atom is -0.478 e. The van der Waals surface area contributed by atoms with Crippen molar-refractivity contribution in [3.8, 4) is 11.1 Å². The van der Waals surface area contributed by atoms with Crippen molar-refractivity contribution in [2.75, 3.05) is 16.8 Å². The number of carboxylic acids is 1. The molecule has 0 saturated carbocycles. The van der Waals surface area contributed by atoms with Crippen LogP contribution in [0, 0.1) is 0 Å². The lowest BCUT2D eigenvalue weighted by Crippen LogP contribution is -2.31. The summed E-state index contributed by atoms with van der Waals surface area (Å²) < 4.78 is 13.1. The molecule has 2 amide bonds. The highest BCUT2D eigenvalue weighted by atomic mass is 32.2. The van der Waals surface area contributed by atoms with Crippen LogP contribution in [0.25, 0.3) is 11.1 Å². The van der Waals surface area contributed by atoms with Gasteiger partial charge >= 0.3 is 5.97 Å². The third-order valence-corrected chi connectivity index (χ3v) is 11.1. The number of hydrogen-bond acceptors (Lipinski definition) is 8. The predicted octanol–water partition coefficient (Wildman–Crippen LogP) is 9.06. The van der Waals surface area contributed by atoms with Gasteiger partial charge in [-0.15, -0.1) is 11.8 Å². The SMILES string of the molecule is Nc1ccccc1NC(=O)CCCCCCC(=O)NCc1ccccc1-c1ccc([C@@H]2O[C@H](CSc3ccccc3C(=O)O)C[C@H](c3ccc(CO)cc3)O2)cc1. The van der Waals surface area contributed by atoms with E-state index in [0.29, 0.717) is 47.8 Å². The Bertz CT molecular complexity index is 2110. The number of unbranched alkanes of at least 4 members (excludes halogenated alkanes) is 3. The second-order valence-corrected chi connectivity index (χ2v) is 15.1. The van der Waals surface area contributed by atoms with E-state index in [-0.39, 0.29) is 36.2 Å². The van der Waals surface area contributed by atoms with Crippen molar-refractivity contribution in [1.82, 2.24) is 5.32 Å². The van der Waals surface area contributed by atoms with Gasteiger partial charge < -0.3 is 36.1 Å². The van der Waals surface area contributed by atoms with Crippen molar-refractivity contribution in [2.24, 2.45) is 0 Å². The van der Waals surface area contributed by atoms with E-state index in [0.717, 1.165) is 59.1 Å². The van der Waals surface area contributed by atoms with Crippen LogP contribution in [0.4, 0.5) is 11.4 Å². The summed E-state index contributed by atoms with van der Waals surface area (Å²) in [6.07, 6.45) is 3.47. The number of carbonyl (C=O) groups is 3. The molecule has 11 heteroatoms. The Morgan fingerprint density at radius 1 is 0.737 bits per heavy atom. The standard InChI is InChI=1S/C46H49N3O7S/c47-39-14-8-9-15-40(39)49-44(52)18-4-2-1-3-17-43(51)48-28-35-11-5-6-12-37(35)32-23-25-34(26-24-32)46-55-36(30-57-42-16-10-7-13-38(42)45(53)54)27-41(56-46)33-21-19-31(29-50)20-22-33/h5-16,19-26,36,41,46,50H,1-4,17-18,27-30,47H2,(H,48,51)(H,49,52)(H,53,54)/t36-,41+,46+/m0/s1. The molecule has 0 spiro atoms. The van der Waals surface area contributed by atoms with Crippen LogP contribution in [0.5, 0.6) is 0 Å². The summed E-state index contributed by atoms with van der Waals surface area (Å²) in [7, 11) is 0. The van der Waals surface area contributed by atoms with Gasteiger partial charge in [-0.1, -0.05) is 110 Å². The lowest BCUT2D eigenvalue weighted by atomic mass is 9.97. The molecule has 296 valence electrons. The van der Waals surface area contributed by atoms with Crippen LogP contribution in [-0.4, -0.2) is 39.9 Å². The molecule has 0 unspecified atom stereocenters. The monoisotopic (exact) mass is 787 g/mol. The Morgan fingerprint density at radius 2 is 1.40 bits per heavy atom. The van der Waals surface area contributed by atoms with Gasteiger partial charge in [0.1, 0.15) is 0 Å². The third-order valence-electron chi connectivity index (χ3n) is 9.94. The molecule has 57 heavy (non-hydrogen) atoms. The first-order valence-electron chi connectivity index (χ1n) is 19.3. The molecule has 0 aromatic heterocycles. The molecule has 10 nitrogen and oxygen atoms in total. The lowest BCUT2D eigenvalue weighted by molar-refractivity contribution is -0.245. The van der Waals surface area contributed by atoms with E-state index < -0.39 is 12.3 Å². The number of nitrogens with two attached hydrogens (primary N) is 1. The van der Waals surface area contributed by atoms with Gasteiger partial charge in [0.15, 0.2) is 6.29 Å². The minimum atomic E-state index is -0.965. The zero-order chi connectivity index (χ0) is 40.0. The van der Waals surface area contributed by atoms with Gasteiger partial charge in [0.05, 0.1) is 35.8 Å². The van der Waals surface area contributed by atoms with E-state index >= 15 is 0 Å². The smallest absolute Gasteiger partial charge is 0.336 e. The number of aliphatic hydroxyl groups is 1. The first-order chi connectivity index (χ1) is 27.8. The zero-order valence-electron chi connectivity index (χ0n) is 31.8. The van der Waals surface area contributed by atoms with Crippen LogP contribution in [0.1, 0.15) is 90.0 Å². The fourth-order valence-electron chi connectivity index (χ4n) is 6.78. The largest absolute Gasteiger partial charge is 0.478 e. The quantitative estimate of drug-likeness (QED) is 0.0332. The molecule has 1 fully saturated rings. The van der Waals surface area contributed by atoms with Crippen LogP contribution < -0.4 is 16.4 Å². The van der Waals surface area contributed by atoms with Crippen molar-refractivity contribution in [3.05, 3.63) is 149 Å². The molecule has 0 bridgehead atoms. The number of benzene rings is 5. The first-order valence-corrected chi connectivity index (χ1v) is 20.3. The maximum atomic E-state index is 12.8. The molecular weight excluding hydrogens is 739 g/mol. The van der Waals surface area contributed by atoms with Gasteiger partial charge in [0.25, 0.3) is 0 Å². The van der Waals surface area contributed by atoms with Crippen LogP contribution >= 0.6 is 11.8 Å². The highest BCUT2D eigenvalue weighted by Crippen LogP contribution is 2.40. The number of carboxylic acid groups (broad SMARTS) is 1. The number of carbonyl (C=O) groups excluding carboxylic acids is 2. The molecule has 5 aromatic carbocycles. The number of thioether (sulfide) groups is 1. The van der Waals surface area contributed by atoms with Crippen molar-refractivity contribution >= 4 is 40.9 Å². The van der Waals surface area contributed by atoms with Crippen molar-refractivity contribution in [1.29, 1.82) is 0 Å². The van der Waals surface area contributed by atoms with E-state index in [1.807, 2.05) is 97.1 Å². The summed E-state index contributed by atoms with van der Waals surface area (Å²) >= 11 is 1.46. The normalized spacial score (nSPS) is 16.5. The fraction of sp³-hybridized carbons (Fsp3) is 0.283. The zero-order valence-corrected chi connectivity index (χ0v) is 32.6. The summed E-state index contributed by atoms with van der Waals surface area (Å²) in [4.78, 5) is 37.5. The van der Waals surface area contributed by atoms with Crippen molar-refractivity contribution < 1.29 is 34.1 Å². The topological polar surface area (TPSA) is 160 Å². The maximum absolute atomic E-state index is 12.8. The molecule has 1 aliphatic rings. The van der Waals surface area contributed by atoms with Crippen LogP contribution in [0.15, 0.2) is 126 Å². The summed E-state index contributed by atoms with van der Waals surface area (Å²) in [6, 6.07) is 38.0. The summed E-state index contributed by atoms with van der Waals surface area (Å²) in [5.41, 5.74) is 13.0. The number of nitrogens with one attached hydrogen (secondary N) is 2. The van der Waals surface area contributed by atoms with E-state index in [1.54, 1.807) is 24.3 Å². The molecule has 0 aliphatic carbocycles. The van der Waals surface area contributed by atoms with E-state index in [4.69, 9.17) is 15.2 Å². The lowest BCUT2D eigenvalue weighted by Gasteiger charge is -2.36. The Hall–Kier alpha value is -5.46. The fourth-order valence-corrected chi connectivity index (χ4v) is 7.85. The number of aromatic carboxylic acids is 1. The number of ether oxygens (including phenoxy) is 2. The summed E-state index contributed by atoms with van der Waals surface area (Å²) in [5, 5.41) is 25.2. The van der Waals surface area contributed by atoms with Gasteiger partial charge in [-0.25, -0.2) is 4.79 Å². The second kappa shape index (κ2) is 20.6. The molecule has 0 radical (unpaired) electrons. The summed E-state index contributed by atoms with van der Waals surface area (Å²) in [5.74, 6) is -0.501. The number of amides is 2. The van der Waals surface area contributed by atoms with Crippen LogP contribution in [0.2, 0.25) is 0 Å². The maximum Gasteiger partial charge on any atom is 0.336 e. The molecular formula is C46H49N3O7S. The van der Waals surface area contributed by atoms with E-state index in [1.165, 1.54) is 11.8 Å². The first kappa shape index (κ1) is 41.2. The molecule has 1 saturated heterocycles. The number of aliphatic hydroxyl groups excluding tert-OH is 1. The number of rotatable bonds is 18. The Labute approximate surface area is 337 Å². The van der Waals surface area contributed by atoms with Gasteiger partial charge in [0.2, 0.25) is 11.8 Å². The van der Waals surface area contributed by atoms with Crippen LogP contribution in [0.3, 0.4) is 0 Å². The highest BCUT2D eigenvalue weighted by molar-refractivity contribution is 7.99.